The Balaban J connectivity index is 2.51. The van der Waals surface area contributed by atoms with Gasteiger partial charge in [-0.3, -0.25) is 10.1 Å². The zero-order valence-corrected chi connectivity index (χ0v) is 11.0. The van der Waals surface area contributed by atoms with Crippen LogP contribution in [0.3, 0.4) is 0 Å². The molecule has 0 spiro atoms. The van der Waals surface area contributed by atoms with Crippen molar-refractivity contribution in [3.63, 3.8) is 0 Å². The summed E-state index contributed by atoms with van der Waals surface area (Å²) in [6.07, 6.45) is 1.60. The lowest BCUT2D eigenvalue weighted by Gasteiger charge is -2.01. The van der Waals surface area contributed by atoms with Crippen LogP contribution in [0, 0.1) is 21.4 Å². The average Bonchev–Trinajstić information content (AvgIpc) is 2.46. The lowest BCUT2D eigenvalue weighted by Crippen LogP contribution is -1.93. The maximum Gasteiger partial charge on any atom is 0.277 e. The molecule has 0 N–H and O–H groups in total. The van der Waals surface area contributed by atoms with Gasteiger partial charge in [0.2, 0.25) is 0 Å². The van der Waals surface area contributed by atoms with Gasteiger partial charge < -0.3 is 0 Å². The molecule has 0 radical (unpaired) electrons. The maximum absolute atomic E-state index is 11.0. The summed E-state index contributed by atoms with van der Waals surface area (Å²) >= 11 is 5.79. The fraction of sp³-hybridized carbons (Fsp3) is 0. The number of nitrogens with zero attached hydrogens (tertiary/aromatic N) is 2. The molecule has 2 aromatic rings. The van der Waals surface area contributed by atoms with Gasteiger partial charge in [0.1, 0.15) is 6.07 Å². The number of hydrogen-bond donors (Lipinski definition) is 0. The zero-order valence-electron chi connectivity index (χ0n) is 10.3. The van der Waals surface area contributed by atoms with Crippen molar-refractivity contribution in [3.05, 3.63) is 74.8 Å². The summed E-state index contributed by atoms with van der Waals surface area (Å²) < 4.78 is 0. The van der Waals surface area contributed by atoms with Gasteiger partial charge in [0, 0.05) is 11.1 Å². The second kappa shape index (κ2) is 6.00. The van der Waals surface area contributed by atoms with E-state index < -0.39 is 4.92 Å². The third-order valence-electron chi connectivity index (χ3n) is 2.69. The molecule has 0 unspecified atom stereocenters. The maximum atomic E-state index is 11.0. The van der Waals surface area contributed by atoms with Crippen molar-refractivity contribution in [1.82, 2.24) is 0 Å². The number of halogens is 1. The summed E-state index contributed by atoms with van der Waals surface area (Å²) in [5.74, 6) is 0. The van der Waals surface area contributed by atoms with Crippen molar-refractivity contribution in [1.29, 1.82) is 5.26 Å². The van der Waals surface area contributed by atoms with Gasteiger partial charge in [-0.25, -0.2) is 0 Å². The Bertz CT molecular complexity index is 715. The van der Waals surface area contributed by atoms with E-state index >= 15 is 0 Å². The van der Waals surface area contributed by atoms with Gasteiger partial charge in [-0.15, -0.1) is 0 Å². The quantitative estimate of drug-likeness (QED) is 0.365. The number of hydrogen-bond acceptors (Lipinski definition) is 3. The summed E-state index contributed by atoms with van der Waals surface area (Å²) in [4.78, 5) is 10.5. The van der Waals surface area contributed by atoms with Crippen LogP contribution < -0.4 is 0 Å². The molecule has 2 rings (SSSR count). The molecule has 5 heteroatoms. The van der Waals surface area contributed by atoms with E-state index in [1.165, 1.54) is 6.07 Å². The van der Waals surface area contributed by atoms with Crippen LogP contribution in [0.2, 0.25) is 5.02 Å². The highest BCUT2D eigenvalue weighted by molar-refractivity contribution is 6.30. The molecule has 0 aliphatic carbocycles. The Morgan fingerprint density at radius 2 is 1.85 bits per heavy atom. The molecule has 2 aromatic carbocycles. The van der Waals surface area contributed by atoms with Gasteiger partial charge in [0.05, 0.1) is 16.1 Å². The van der Waals surface area contributed by atoms with E-state index in [9.17, 15) is 15.4 Å². The molecule has 0 aromatic heterocycles. The van der Waals surface area contributed by atoms with Crippen molar-refractivity contribution in [2.45, 2.75) is 0 Å². The predicted octanol–water partition coefficient (Wildman–Crippen LogP) is 4.31. The molecule has 0 fully saturated rings. The first-order valence-electron chi connectivity index (χ1n) is 5.73. The fourth-order valence-electron chi connectivity index (χ4n) is 1.76. The molecule has 98 valence electrons. The number of nitro groups is 1. The lowest BCUT2D eigenvalue weighted by atomic mass is 10.0. The molecular formula is C15H9ClN2O2. The molecule has 20 heavy (non-hydrogen) atoms. The molecule has 4 nitrogen and oxygen atoms in total. The monoisotopic (exact) mass is 284 g/mol. The summed E-state index contributed by atoms with van der Waals surface area (Å²) in [6, 6.07) is 15.0. The van der Waals surface area contributed by atoms with E-state index in [2.05, 4.69) is 0 Å². The molecule has 0 atom stereocenters. The van der Waals surface area contributed by atoms with E-state index in [1.54, 1.807) is 48.5 Å². The fourth-order valence-corrected chi connectivity index (χ4v) is 1.88. The first-order chi connectivity index (χ1) is 9.61. The first-order valence-corrected chi connectivity index (χ1v) is 6.11. The van der Waals surface area contributed by atoms with E-state index in [-0.39, 0.29) is 11.3 Å². The second-order valence-corrected chi connectivity index (χ2v) is 4.43. The van der Waals surface area contributed by atoms with Gasteiger partial charge >= 0.3 is 0 Å². The molecular weight excluding hydrogens is 276 g/mol. The standard InChI is InChI=1S/C15H9ClN2O2/c16-13-7-5-11(6-8-13)9-12(10-17)14-3-1-2-4-15(14)18(19)20/h1-9H/b12-9+. The smallest absolute Gasteiger partial charge is 0.258 e. The molecule has 0 saturated carbocycles. The van der Waals surface area contributed by atoms with Crippen molar-refractivity contribution in [3.8, 4) is 6.07 Å². The molecule has 0 heterocycles. The van der Waals surface area contributed by atoms with Crippen LogP contribution in [-0.2, 0) is 0 Å². The minimum atomic E-state index is -0.498. The number of nitriles is 1. The lowest BCUT2D eigenvalue weighted by molar-refractivity contribution is -0.385. The second-order valence-electron chi connectivity index (χ2n) is 4.00. The SMILES string of the molecule is N#C/C(=C\c1ccc(Cl)cc1)c1ccccc1[N+](=O)[O-]. The van der Waals surface area contributed by atoms with Crippen molar-refractivity contribution >= 4 is 28.9 Å². The van der Waals surface area contributed by atoms with E-state index in [0.717, 1.165) is 5.56 Å². The van der Waals surface area contributed by atoms with Crippen LogP contribution >= 0.6 is 11.6 Å². The molecule has 0 aliphatic rings. The van der Waals surface area contributed by atoms with Gasteiger partial charge in [0.15, 0.2) is 0 Å². The van der Waals surface area contributed by atoms with Gasteiger partial charge in [-0.2, -0.15) is 5.26 Å². The third-order valence-corrected chi connectivity index (χ3v) is 2.94. The van der Waals surface area contributed by atoms with Gasteiger partial charge in [-0.05, 0) is 29.8 Å². The number of nitro benzene ring substituents is 1. The molecule has 0 aliphatic heterocycles. The van der Waals surface area contributed by atoms with Crippen LogP contribution in [0.1, 0.15) is 11.1 Å². The number of rotatable bonds is 3. The summed E-state index contributed by atoms with van der Waals surface area (Å²) in [6.45, 7) is 0. The van der Waals surface area contributed by atoms with Crippen molar-refractivity contribution in [2.24, 2.45) is 0 Å². The van der Waals surface area contributed by atoms with Crippen LogP contribution in [0.5, 0.6) is 0 Å². The zero-order chi connectivity index (χ0) is 14.5. The molecule has 0 bridgehead atoms. The van der Waals surface area contributed by atoms with Crippen LogP contribution in [0.4, 0.5) is 5.69 Å². The van der Waals surface area contributed by atoms with E-state index in [4.69, 9.17) is 11.6 Å². The van der Waals surface area contributed by atoms with Crippen molar-refractivity contribution in [2.75, 3.05) is 0 Å². The van der Waals surface area contributed by atoms with Gasteiger partial charge in [0.25, 0.3) is 5.69 Å². The highest BCUT2D eigenvalue weighted by atomic mass is 35.5. The van der Waals surface area contributed by atoms with Crippen molar-refractivity contribution < 1.29 is 4.92 Å². The predicted molar refractivity (Wildman–Crippen MR) is 78.0 cm³/mol. The first kappa shape index (κ1) is 13.8. The number of allylic oxidation sites excluding steroid dienone is 1. The van der Waals surface area contributed by atoms with E-state index in [0.29, 0.717) is 10.6 Å². The van der Waals surface area contributed by atoms with Crippen LogP contribution in [0.25, 0.3) is 11.6 Å². The average molecular weight is 285 g/mol. The van der Waals surface area contributed by atoms with Crippen LogP contribution in [0.15, 0.2) is 48.5 Å². The van der Waals surface area contributed by atoms with E-state index in [1.807, 2.05) is 6.07 Å². The number of benzene rings is 2. The normalized spacial score (nSPS) is 10.9. The largest absolute Gasteiger partial charge is 0.277 e. The minimum absolute atomic E-state index is 0.0886. The minimum Gasteiger partial charge on any atom is -0.258 e. The topological polar surface area (TPSA) is 66.9 Å². The number of para-hydroxylation sites is 1. The molecule has 0 amide bonds. The Morgan fingerprint density at radius 3 is 2.45 bits per heavy atom. The Morgan fingerprint density at radius 1 is 1.20 bits per heavy atom. The third kappa shape index (κ3) is 3.02. The Kier molecular flexibility index (Phi) is 4.14. The summed E-state index contributed by atoms with van der Waals surface area (Å²) in [7, 11) is 0. The molecule has 0 saturated heterocycles. The Labute approximate surface area is 120 Å². The summed E-state index contributed by atoms with van der Waals surface area (Å²) in [5, 5.41) is 20.8. The van der Waals surface area contributed by atoms with Gasteiger partial charge in [-0.1, -0.05) is 35.9 Å². The highest BCUT2D eigenvalue weighted by Crippen LogP contribution is 2.27. The Hall–Kier alpha value is -2.64. The highest BCUT2D eigenvalue weighted by Gasteiger charge is 2.15. The summed E-state index contributed by atoms with van der Waals surface area (Å²) in [5.41, 5.74) is 1.20. The van der Waals surface area contributed by atoms with Crippen LogP contribution in [-0.4, -0.2) is 4.92 Å².